The van der Waals surface area contributed by atoms with E-state index in [-0.39, 0.29) is 0 Å². The molecule has 1 fully saturated rings. The van der Waals surface area contributed by atoms with E-state index in [9.17, 15) is 0 Å². The SMILES string of the molecule is CCCNC(c1nc(C)cs1)C1CCC(C(C)(C)C)CC1. The monoisotopic (exact) mass is 308 g/mol. The number of hydrogen-bond acceptors (Lipinski definition) is 3. The Kier molecular flexibility index (Phi) is 5.84. The zero-order chi connectivity index (χ0) is 15.5. The highest BCUT2D eigenvalue weighted by Gasteiger charge is 2.34. The summed E-state index contributed by atoms with van der Waals surface area (Å²) >= 11 is 1.83. The third-order valence-corrected chi connectivity index (χ3v) is 6.03. The molecule has 120 valence electrons. The van der Waals surface area contributed by atoms with Gasteiger partial charge in [-0.05, 0) is 62.8 Å². The van der Waals surface area contributed by atoms with Crippen LogP contribution in [0.4, 0.5) is 0 Å². The minimum Gasteiger partial charge on any atom is -0.308 e. The lowest BCUT2D eigenvalue weighted by Crippen LogP contribution is -2.34. The lowest BCUT2D eigenvalue weighted by atomic mass is 9.68. The third kappa shape index (κ3) is 4.53. The predicted molar refractivity (Wildman–Crippen MR) is 92.8 cm³/mol. The Morgan fingerprint density at radius 3 is 2.43 bits per heavy atom. The van der Waals surface area contributed by atoms with E-state index >= 15 is 0 Å². The van der Waals surface area contributed by atoms with Crippen molar-refractivity contribution in [3.05, 3.63) is 16.1 Å². The van der Waals surface area contributed by atoms with Gasteiger partial charge >= 0.3 is 0 Å². The van der Waals surface area contributed by atoms with Gasteiger partial charge in [0, 0.05) is 11.1 Å². The fourth-order valence-corrected chi connectivity index (χ4v) is 4.55. The molecule has 1 heterocycles. The molecule has 1 unspecified atom stereocenters. The maximum Gasteiger partial charge on any atom is 0.110 e. The summed E-state index contributed by atoms with van der Waals surface area (Å²) < 4.78 is 0. The lowest BCUT2D eigenvalue weighted by Gasteiger charge is -2.39. The molecule has 3 heteroatoms. The minimum absolute atomic E-state index is 0.467. The Hall–Kier alpha value is -0.410. The molecule has 1 atom stereocenters. The van der Waals surface area contributed by atoms with Crippen molar-refractivity contribution in [1.82, 2.24) is 10.3 Å². The number of thiazole rings is 1. The zero-order valence-corrected chi connectivity index (χ0v) is 15.2. The van der Waals surface area contributed by atoms with Crippen LogP contribution < -0.4 is 5.32 Å². The third-order valence-electron chi connectivity index (χ3n) is 4.99. The number of nitrogens with zero attached hydrogens (tertiary/aromatic N) is 1. The highest BCUT2D eigenvalue weighted by molar-refractivity contribution is 7.09. The van der Waals surface area contributed by atoms with E-state index in [2.05, 4.69) is 45.3 Å². The summed E-state index contributed by atoms with van der Waals surface area (Å²) in [6.45, 7) is 12.6. The highest BCUT2D eigenvalue weighted by Crippen LogP contribution is 2.43. The number of aromatic nitrogens is 1. The second-order valence-corrected chi connectivity index (χ2v) is 8.63. The molecule has 0 radical (unpaired) electrons. The molecule has 1 aromatic rings. The normalized spacial score (nSPS) is 25.0. The Morgan fingerprint density at radius 2 is 1.95 bits per heavy atom. The van der Waals surface area contributed by atoms with E-state index in [1.165, 1.54) is 42.8 Å². The van der Waals surface area contributed by atoms with Crippen molar-refractivity contribution in [2.45, 2.75) is 72.8 Å². The topological polar surface area (TPSA) is 24.9 Å². The van der Waals surface area contributed by atoms with Gasteiger partial charge in [-0.15, -0.1) is 11.3 Å². The molecular weight excluding hydrogens is 276 g/mol. The van der Waals surface area contributed by atoms with Crippen molar-refractivity contribution in [1.29, 1.82) is 0 Å². The van der Waals surface area contributed by atoms with Crippen molar-refractivity contribution < 1.29 is 0 Å². The van der Waals surface area contributed by atoms with E-state index < -0.39 is 0 Å². The van der Waals surface area contributed by atoms with E-state index in [1.807, 2.05) is 11.3 Å². The van der Waals surface area contributed by atoms with Crippen molar-refractivity contribution >= 4 is 11.3 Å². The van der Waals surface area contributed by atoms with Gasteiger partial charge in [0.25, 0.3) is 0 Å². The van der Waals surface area contributed by atoms with Gasteiger partial charge < -0.3 is 5.32 Å². The molecule has 0 aromatic carbocycles. The Bertz CT molecular complexity index is 425. The molecule has 2 nitrogen and oxygen atoms in total. The highest BCUT2D eigenvalue weighted by atomic mass is 32.1. The van der Waals surface area contributed by atoms with Gasteiger partial charge in [-0.1, -0.05) is 27.7 Å². The Balaban J connectivity index is 2.02. The second-order valence-electron chi connectivity index (χ2n) is 7.74. The molecule has 0 saturated heterocycles. The Labute approximate surface area is 134 Å². The van der Waals surface area contributed by atoms with Gasteiger partial charge in [0.1, 0.15) is 5.01 Å². The predicted octanol–water partition coefficient (Wildman–Crippen LogP) is 5.34. The molecule has 1 aliphatic carbocycles. The van der Waals surface area contributed by atoms with Crippen LogP contribution in [0.15, 0.2) is 5.38 Å². The van der Waals surface area contributed by atoms with Crippen LogP contribution in [0.5, 0.6) is 0 Å². The second kappa shape index (κ2) is 7.23. The molecule has 0 spiro atoms. The summed E-state index contributed by atoms with van der Waals surface area (Å²) in [7, 11) is 0. The van der Waals surface area contributed by atoms with E-state index in [4.69, 9.17) is 4.98 Å². The molecule has 0 bridgehead atoms. The summed E-state index contributed by atoms with van der Waals surface area (Å²) in [6.07, 6.45) is 6.65. The van der Waals surface area contributed by atoms with Crippen LogP contribution >= 0.6 is 11.3 Å². The molecule has 1 saturated carbocycles. The number of aryl methyl sites for hydroxylation is 1. The smallest absolute Gasteiger partial charge is 0.110 e. The van der Waals surface area contributed by atoms with Crippen LogP contribution in [0.25, 0.3) is 0 Å². The van der Waals surface area contributed by atoms with Crippen molar-refractivity contribution in [2.24, 2.45) is 17.3 Å². The average molecular weight is 309 g/mol. The minimum atomic E-state index is 0.467. The Morgan fingerprint density at radius 1 is 1.29 bits per heavy atom. The fraction of sp³-hybridized carbons (Fsp3) is 0.833. The fourth-order valence-electron chi connectivity index (χ4n) is 3.59. The standard InChI is InChI=1S/C18H32N2S/c1-6-11-19-16(17-20-13(2)12-21-17)14-7-9-15(10-8-14)18(3,4)5/h12,14-16,19H,6-11H2,1-5H3. The summed E-state index contributed by atoms with van der Waals surface area (Å²) in [5.41, 5.74) is 1.64. The first-order valence-electron chi connectivity index (χ1n) is 8.57. The quantitative estimate of drug-likeness (QED) is 0.793. The molecule has 1 N–H and O–H groups in total. The first-order chi connectivity index (χ1) is 9.91. The van der Waals surface area contributed by atoms with Crippen molar-refractivity contribution in [2.75, 3.05) is 6.54 Å². The van der Waals surface area contributed by atoms with Crippen LogP contribution in [0.3, 0.4) is 0 Å². The lowest BCUT2D eigenvalue weighted by molar-refractivity contribution is 0.132. The summed E-state index contributed by atoms with van der Waals surface area (Å²) in [4.78, 5) is 4.76. The largest absolute Gasteiger partial charge is 0.308 e. The average Bonchev–Trinajstić information content (AvgIpc) is 2.85. The maximum absolute atomic E-state index is 4.76. The molecule has 2 rings (SSSR count). The maximum atomic E-state index is 4.76. The van der Waals surface area contributed by atoms with Crippen LogP contribution in [0, 0.1) is 24.2 Å². The molecule has 1 aromatic heterocycles. The van der Waals surface area contributed by atoms with Gasteiger partial charge in [0.05, 0.1) is 6.04 Å². The number of rotatable bonds is 5. The van der Waals surface area contributed by atoms with E-state index in [0.29, 0.717) is 11.5 Å². The molecule has 21 heavy (non-hydrogen) atoms. The summed E-state index contributed by atoms with van der Waals surface area (Å²) in [6, 6.07) is 0.476. The van der Waals surface area contributed by atoms with Gasteiger partial charge in [0.15, 0.2) is 0 Å². The van der Waals surface area contributed by atoms with E-state index in [1.54, 1.807) is 0 Å². The number of nitrogens with one attached hydrogen (secondary N) is 1. The van der Waals surface area contributed by atoms with Crippen LogP contribution in [0.2, 0.25) is 0 Å². The van der Waals surface area contributed by atoms with Gasteiger partial charge in [-0.25, -0.2) is 4.98 Å². The molecule has 0 aliphatic heterocycles. The van der Waals surface area contributed by atoms with Crippen molar-refractivity contribution in [3.8, 4) is 0 Å². The van der Waals surface area contributed by atoms with Gasteiger partial charge in [0.2, 0.25) is 0 Å². The van der Waals surface area contributed by atoms with Crippen LogP contribution in [-0.2, 0) is 0 Å². The van der Waals surface area contributed by atoms with Crippen LogP contribution in [0.1, 0.15) is 76.5 Å². The van der Waals surface area contributed by atoms with Crippen LogP contribution in [-0.4, -0.2) is 11.5 Å². The van der Waals surface area contributed by atoms with E-state index in [0.717, 1.165) is 18.4 Å². The van der Waals surface area contributed by atoms with Gasteiger partial charge in [-0.3, -0.25) is 0 Å². The summed E-state index contributed by atoms with van der Waals surface area (Å²) in [5.74, 6) is 1.65. The molecular formula is C18H32N2S. The first-order valence-corrected chi connectivity index (χ1v) is 9.45. The molecule has 1 aliphatic rings. The summed E-state index contributed by atoms with van der Waals surface area (Å²) in [5, 5.41) is 7.27. The first kappa shape index (κ1) is 17.0. The number of hydrogen-bond donors (Lipinski definition) is 1. The van der Waals surface area contributed by atoms with Crippen molar-refractivity contribution in [3.63, 3.8) is 0 Å². The zero-order valence-electron chi connectivity index (χ0n) is 14.4. The molecule has 0 amide bonds. The van der Waals surface area contributed by atoms with Gasteiger partial charge in [-0.2, -0.15) is 0 Å².